The highest BCUT2D eigenvalue weighted by Crippen LogP contribution is 2.42. The van der Waals surface area contributed by atoms with Crippen molar-refractivity contribution in [1.82, 2.24) is 46.0 Å². The number of amides is 3. The van der Waals surface area contributed by atoms with E-state index in [2.05, 4.69) is 129 Å². The van der Waals surface area contributed by atoms with E-state index in [1.54, 1.807) is 43.3 Å². The van der Waals surface area contributed by atoms with Gasteiger partial charge in [0.2, 0.25) is 23.5 Å². The lowest BCUT2D eigenvalue weighted by atomic mass is 9.79. The number of hydrogen-bond donors (Lipinski definition) is 6. The first-order valence-corrected chi connectivity index (χ1v) is 45.4. The minimum atomic E-state index is -3.25. The third-order valence-electron chi connectivity index (χ3n) is 24.6. The fourth-order valence-electron chi connectivity index (χ4n) is 17.7. The fraction of sp³-hybridized carbons (Fsp3) is 0.320. The van der Waals surface area contributed by atoms with E-state index in [9.17, 15) is 41.6 Å². The van der Waals surface area contributed by atoms with E-state index in [1.165, 1.54) is 99.6 Å². The molecule has 0 atom stereocenters. The minimum absolute atomic E-state index is 0.0190. The molecule has 0 spiro atoms. The average molecular weight is 1770 g/mol. The second-order valence-corrected chi connectivity index (χ2v) is 36.4. The van der Waals surface area contributed by atoms with Crippen LogP contribution in [0.25, 0.3) is 44.8 Å². The molecule has 2 saturated carbocycles. The SMILES string of the molecule is CC(=O)c1cccc(-c2ccc(C3(NCC(=O)Nc4ccc(F)c(Cl)c4)CCN(C4CCCC4)CC3)cc2)c1.CS(=O)(=O)c1ccc(CN2CCC(OCC(=O)Nc3cc(Cl)cc(Cl)c3)(c3ccc(-c4cccc(C#N)c4)cc3)CC2)cc1.O=C(CNC1(c2ccc(-c3cccc(-c4nn[nH]n4)c3)cc2)CCN(C2CCCC2)CC1)Nc1ccc(F)c(Cl)c1. The van der Waals surface area contributed by atoms with Crippen LogP contribution in [0.15, 0.2) is 229 Å². The molecule has 6 N–H and O–H groups in total. The van der Waals surface area contributed by atoms with E-state index in [0.29, 0.717) is 93.5 Å². The second-order valence-electron chi connectivity index (χ2n) is 32.7. The van der Waals surface area contributed by atoms with Gasteiger partial charge in [-0.25, -0.2) is 17.2 Å². The number of tetrazole rings is 1. The third kappa shape index (κ3) is 23.2. The first-order chi connectivity index (χ1) is 59.8. The zero-order valence-corrected chi connectivity index (χ0v) is 73.0. The van der Waals surface area contributed by atoms with Gasteiger partial charge >= 0.3 is 0 Å². The molecular weight excluding hydrogens is 1670 g/mol. The van der Waals surface area contributed by atoms with Crippen LogP contribution in [0.1, 0.15) is 135 Å². The monoisotopic (exact) mass is 1770 g/mol. The van der Waals surface area contributed by atoms with Gasteiger partial charge in [0.15, 0.2) is 15.6 Å². The zero-order chi connectivity index (χ0) is 87.0. The number of Topliss-reactive ketones (excluding diaryl/α,β-unsaturated/α-hetero) is 1. The Balaban J connectivity index is 0.000000152. The largest absolute Gasteiger partial charge is 0.360 e. The summed E-state index contributed by atoms with van der Waals surface area (Å²) in [5.74, 6) is -1.14. The van der Waals surface area contributed by atoms with Gasteiger partial charge in [0.1, 0.15) is 18.2 Å². The number of anilines is 3. The van der Waals surface area contributed by atoms with Gasteiger partial charge in [-0.3, -0.25) is 34.7 Å². The molecule has 3 amide bonds. The highest BCUT2D eigenvalue weighted by molar-refractivity contribution is 7.90. The Hall–Kier alpha value is -10.4. The fourth-order valence-corrected chi connectivity index (χ4v) is 19.2. The van der Waals surface area contributed by atoms with Gasteiger partial charge in [-0.05, 0) is 223 Å². The van der Waals surface area contributed by atoms with Crippen molar-refractivity contribution in [2.75, 3.05) is 81.2 Å². The number of benzene rings is 10. The van der Waals surface area contributed by atoms with Crippen molar-refractivity contribution < 1.29 is 41.1 Å². The normalized spacial score (nSPS) is 16.7. The maximum absolute atomic E-state index is 13.6. The molecular formula is C97H99Cl4F2N13O7S. The second kappa shape index (κ2) is 41.1. The Morgan fingerprint density at radius 2 is 0.968 bits per heavy atom. The lowest BCUT2D eigenvalue weighted by Gasteiger charge is -2.45. The number of ketones is 1. The molecule has 27 heteroatoms. The van der Waals surface area contributed by atoms with E-state index in [0.717, 1.165) is 107 Å². The number of carbonyl (C=O) groups is 4. The number of halogens is 6. The molecule has 0 unspecified atom stereocenters. The summed E-state index contributed by atoms with van der Waals surface area (Å²) in [5.41, 5.74) is 12.7. The van der Waals surface area contributed by atoms with Gasteiger partial charge in [-0.2, -0.15) is 10.5 Å². The summed E-state index contributed by atoms with van der Waals surface area (Å²) in [6.45, 7) is 7.71. The van der Waals surface area contributed by atoms with Gasteiger partial charge in [0, 0.05) is 113 Å². The van der Waals surface area contributed by atoms with Crippen LogP contribution in [-0.4, -0.2) is 145 Å². The molecule has 5 fully saturated rings. The van der Waals surface area contributed by atoms with Crippen LogP contribution in [0.3, 0.4) is 0 Å². The Labute approximate surface area is 742 Å². The molecule has 3 aliphatic heterocycles. The highest BCUT2D eigenvalue weighted by atomic mass is 35.5. The van der Waals surface area contributed by atoms with Crippen molar-refractivity contribution in [2.24, 2.45) is 0 Å². The van der Waals surface area contributed by atoms with Gasteiger partial charge in [-0.1, -0.05) is 206 Å². The molecule has 20 nitrogen and oxygen atoms in total. The molecule has 124 heavy (non-hydrogen) atoms. The third-order valence-corrected chi connectivity index (χ3v) is 26.8. The minimum Gasteiger partial charge on any atom is -0.360 e. The summed E-state index contributed by atoms with van der Waals surface area (Å²) in [6, 6.07) is 72.2. The average Bonchev–Trinajstić information content (AvgIpc) is 0.966. The van der Waals surface area contributed by atoms with E-state index in [-0.39, 0.29) is 64.3 Å². The van der Waals surface area contributed by atoms with Gasteiger partial charge in [0.05, 0.1) is 45.3 Å². The molecule has 642 valence electrons. The maximum Gasteiger partial charge on any atom is 0.250 e. The zero-order valence-electron chi connectivity index (χ0n) is 69.2. The topological polar surface area (TPSA) is 260 Å². The number of nitrogens with one attached hydrogen (secondary N) is 6. The highest BCUT2D eigenvalue weighted by Gasteiger charge is 2.42. The number of sulfone groups is 1. The van der Waals surface area contributed by atoms with Gasteiger partial charge in [-0.15, -0.1) is 10.2 Å². The lowest BCUT2D eigenvalue weighted by molar-refractivity contribution is -0.135. The Morgan fingerprint density at radius 3 is 1.44 bits per heavy atom. The predicted octanol–water partition coefficient (Wildman–Crippen LogP) is 19.7. The van der Waals surface area contributed by atoms with Crippen LogP contribution in [0.4, 0.5) is 25.8 Å². The molecule has 4 heterocycles. The number of piperidine rings is 3. The lowest BCUT2D eigenvalue weighted by Crippen LogP contribution is -2.54. The van der Waals surface area contributed by atoms with Crippen LogP contribution < -0.4 is 26.6 Å². The van der Waals surface area contributed by atoms with Crippen molar-refractivity contribution in [3.8, 4) is 50.8 Å². The number of nitriles is 1. The standard InChI is InChI=1S/C34H31Cl2N3O4S.C32H35ClFN3O2.C31H33ClFN7O/c1-44(41,42)32-11-5-24(6-12-32)22-39-15-13-34(14-16-39,43-23-33(40)38-31-19-29(35)18-30(36)20-31)28-9-7-26(8-10-28)27-4-2-3-25(17-27)21-37;1-22(38)24-5-4-6-25(19-24)23-9-11-26(12-10-23)32(15-17-37(18-16-32)28-7-2-3-8-28)35-21-31(39)36-27-13-14-30(34)29(33)20-27;32-27-19-25(12-13-28(27)33)35-29(41)20-34-31(14-16-40(17-15-31)26-6-1-2-7-26)24-10-8-21(9-11-24)22-4-3-5-23(18-22)30-36-38-39-37-30/h2-12,17-20H,13-16,22-23H2,1H3,(H,38,40);4-6,9-14,19-20,28,35H,2-3,7-8,15-18,21H2,1H3,(H,36,39);3-5,8-13,18-19,26,34H,1-2,6-7,14-17,20H2,(H,35,41)(H,36,37,38,39). The summed E-state index contributed by atoms with van der Waals surface area (Å²) in [7, 11) is -3.25. The Kier molecular flexibility index (Phi) is 29.8. The summed E-state index contributed by atoms with van der Waals surface area (Å²) in [5, 5.41) is 40.2. The predicted molar refractivity (Wildman–Crippen MR) is 486 cm³/mol. The molecule has 3 saturated heterocycles. The number of hydrogen-bond acceptors (Lipinski definition) is 16. The Morgan fingerprint density at radius 1 is 0.508 bits per heavy atom. The summed E-state index contributed by atoms with van der Waals surface area (Å²) in [4.78, 5) is 58.5. The van der Waals surface area contributed by atoms with E-state index < -0.39 is 27.1 Å². The van der Waals surface area contributed by atoms with Crippen molar-refractivity contribution in [3.63, 3.8) is 0 Å². The van der Waals surface area contributed by atoms with Crippen LogP contribution in [0.5, 0.6) is 0 Å². The smallest absolute Gasteiger partial charge is 0.250 e. The van der Waals surface area contributed by atoms with E-state index >= 15 is 0 Å². The van der Waals surface area contributed by atoms with Crippen LogP contribution in [0.2, 0.25) is 20.1 Å². The summed E-state index contributed by atoms with van der Waals surface area (Å²) < 4.78 is 57.2. The quantitative estimate of drug-likeness (QED) is 0.0291. The van der Waals surface area contributed by atoms with Crippen molar-refractivity contribution in [3.05, 3.63) is 290 Å². The molecule has 2 aliphatic carbocycles. The first-order valence-electron chi connectivity index (χ1n) is 42.0. The number of ether oxygens (including phenoxy) is 1. The first kappa shape index (κ1) is 89.8. The molecule has 5 aliphatic rings. The van der Waals surface area contributed by atoms with E-state index in [4.69, 9.17) is 51.1 Å². The molecule has 1 aromatic heterocycles. The number of H-pyrrole nitrogens is 1. The molecule has 10 aromatic carbocycles. The van der Waals surface area contributed by atoms with E-state index in [1.807, 2.05) is 91.0 Å². The number of likely N-dealkylation sites (tertiary alicyclic amines) is 3. The number of carbonyl (C=O) groups excluding carboxylic acids is 4. The summed E-state index contributed by atoms with van der Waals surface area (Å²) >= 11 is 24.0. The van der Waals surface area contributed by atoms with Crippen molar-refractivity contribution >= 4 is 96.8 Å². The molecule has 11 aromatic rings. The molecule has 0 bridgehead atoms. The van der Waals surface area contributed by atoms with Crippen LogP contribution >= 0.6 is 46.4 Å². The van der Waals surface area contributed by atoms with Gasteiger partial charge < -0.3 is 30.5 Å². The van der Waals surface area contributed by atoms with Crippen molar-refractivity contribution in [1.29, 1.82) is 5.26 Å². The number of nitrogens with zero attached hydrogens (tertiary/aromatic N) is 7. The molecule has 16 rings (SSSR count). The van der Waals surface area contributed by atoms with Gasteiger partial charge in [0.25, 0.3) is 0 Å². The Bertz CT molecular complexity index is 5700. The van der Waals surface area contributed by atoms with Crippen molar-refractivity contribution in [2.45, 2.75) is 137 Å². The number of aromatic nitrogens is 4. The van der Waals surface area contributed by atoms with Crippen LogP contribution in [-0.2, 0) is 52.2 Å². The molecule has 0 radical (unpaired) electrons. The summed E-state index contributed by atoms with van der Waals surface area (Å²) in [6.07, 6.45) is 16.5. The maximum atomic E-state index is 13.6. The number of aromatic amines is 1. The number of rotatable bonds is 25. The van der Waals surface area contributed by atoms with Crippen LogP contribution in [0, 0.1) is 23.0 Å².